The molecule has 1 nitrogen and oxygen atoms in total. The van der Waals surface area contributed by atoms with E-state index in [0.717, 1.165) is 17.2 Å². The van der Waals surface area contributed by atoms with Crippen LogP contribution >= 0.6 is 11.3 Å². The Morgan fingerprint density at radius 2 is 1.94 bits per heavy atom. The molecular weight excluding hydrogens is 228 g/mol. The van der Waals surface area contributed by atoms with Crippen LogP contribution in [0.3, 0.4) is 0 Å². The fourth-order valence-corrected chi connectivity index (χ4v) is 2.50. The summed E-state index contributed by atoms with van der Waals surface area (Å²) in [5, 5.41) is 3.85. The maximum atomic E-state index is 13.5. The average molecular weight is 239 g/mol. The summed E-state index contributed by atoms with van der Waals surface area (Å²) in [6, 6.07) is 2.94. The third kappa shape index (κ3) is 1.99. The Labute approximate surface area is 96.5 Å². The van der Waals surface area contributed by atoms with Gasteiger partial charge in [0.1, 0.15) is 11.6 Å². The standard InChI is InChI=1S/C12H11F2NS/c1-7-5-16-6-10(7)12(15)9-3-2-8(13)4-11(9)14/h2-6,12H,15H2,1H3. The van der Waals surface area contributed by atoms with Crippen LogP contribution in [0, 0.1) is 18.6 Å². The van der Waals surface area contributed by atoms with Crippen molar-refractivity contribution in [2.45, 2.75) is 13.0 Å². The summed E-state index contributed by atoms with van der Waals surface area (Å²) in [5.74, 6) is -1.19. The Kier molecular flexibility index (Phi) is 3.03. The summed E-state index contributed by atoms with van der Waals surface area (Å²) in [4.78, 5) is 0. The second-order valence-corrected chi connectivity index (χ2v) is 4.40. The zero-order valence-corrected chi connectivity index (χ0v) is 9.52. The van der Waals surface area contributed by atoms with Gasteiger partial charge in [-0.05, 0) is 34.9 Å². The van der Waals surface area contributed by atoms with E-state index in [9.17, 15) is 8.78 Å². The SMILES string of the molecule is Cc1cscc1C(N)c1ccc(F)cc1F. The molecule has 4 heteroatoms. The third-order valence-electron chi connectivity index (χ3n) is 2.53. The molecule has 16 heavy (non-hydrogen) atoms. The topological polar surface area (TPSA) is 26.0 Å². The van der Waals surface area contributed by atoms with E-state index in [0.29, 0.717) is 5.56 Å². The van der Waals surface area contributed by atoms with E-state index >= 15 is 0 Å². The van der Waals surface area contributed by atoms with E-state index in [-0.39, 0.29) is 0 Å². The fourth-order valence-electron chi connectivity index (χ4n) is 1.61. The van der Waals surface area contributed by atoms with Crippen molar-refractivity contribution < 1.29 is 8.78 Å². The zero-order chi connectivity index (χ0) is 11.7. The lowest BCUT2D eigenvalue weighted by Crippen LogP contribution is -2.14. The van der Waals surface area contributed by atoms with Gasteiger partial charge in [-0.3, -0.25) is 0 Å². The minimum atomic E-state index is -0.599. The molecule has 0 fully saturated rings. The summed E-state index contributed by atoms with van der Waals surface area (Å²) in [6.45, 7) is 1.92. The lowest BCUT2D eigenvalue weighted by atomic mass is 9.99. The van der Waals surface area contributed by atoms with Crippen LogP contribution in [0.1, 0.15) is 22.7 Å². The number of nitrogens with two attached hydrogens (primary N) is 1. The Morgan fingerprint density at radius 1 is 1.19 bits per heavy atom. The molecule has 0 aliphatic heterocycles. The van der Waals surface area contributed by atoms with Crippen LogP contribution in [-0.4, -0.2) is 0 Å². The van der Waals surface area contributed by atoms with Gasteiger partial charge in [0.05, 0.1) is 6.04 Å². The van der Waals surface area contributed by atoms with Gasteiger partial charge in [-0.15, -0.1) is 0 Å². The second-order valence-electron chi connectivity index (χ2n) is 3.65. The molecule has 2 N–H and O–H groups in total. The highest BCUT2D eigenvalue weighted by molar-refractivity contribution is 7.08. The minimum Gasteiger partial charge on any atom is -0.320 e. The van der Waals surface area contributed by atoms with E-state index in [4.69, 9.17) is 5.73 Å². The smallest absolute Gasteiger partial charge is 0.131 e. The van der Waals surface area contributed by atoms with Gasteiger partial charge >= 0.3 is 0 Å². The largest absolute Gasteiger partial charge is 0.320 e. The van der Waals surface area contributed by atoms with Crippen molar-refractivity contribution in [3.63, 3.8) is 0 Å². The molecule has 0 amide bonds. The number of rotatable bonds is 2. The number of halogens is 2. The quantitative estimate of drug-likeness (QED) is 0.854. The van der Waals surface area contributed by atoms with Gasteiger partial charge in [-0.25, -0.2) is 8.78 Å². The van der Waals surface area contributed by atoms with Gasteiger partial charge in [0.2, 0.25) is 0 Å². The molecule has 2 rings (SSSR count). The van der Waals surface area contributed by atoms with Crippen molar-refractivity contribution in [3.05, 3.63) is 57.3 Å². The average Bonchev–Trinajstić information content (AvgIpc) is 2.63. The Hall–Kier alpha value is -1.26. The van der Waals surface area contributed by atoms with E-state index < -0.39 is 17.7 Å². The molecule has 0 saturated heterocycles. The highest BCUT2D eigenvalue weighted by Crippen LogP contribution is 2.27. The first kappa shape index (κ1) is 11.2. The van der Waals surface area contributed by atoms with Crippen molar-refractivity contribution >= 4 is 11.3 Å². The summed E-state index contributed by atoms with van der Waals surface area (Å²) >= 11 is 1.52. The molecule has 0 aliphatic carbocycles. The Balaban J connectivity index is 2.41. The molecule has 0 bridgehead atoms. The van der Waals surface area contributed by atoms with Gasteiger partial charge in [0.15, 0.2) is 0 Å². The van der Waals surface area contributed by atoms with Crippen LogP contribution in [0.4, 0.5) is 8.78 Å². The summed E-state index contributed by atoms with van der Waals surface area (Å²) < 4.78 is 26.3. The highest BCUT2D eigenvalue weighted by atomic mass is 32.1. The minimum absolute atomic E-state index is 0.322. The molecule has 2 aromatic rings. The van der Waals surface area contributed by atoms with E-state index in [2.05, 4.69) is 0 Å². The maximum Gasteiger partial charge on any atom is 0.131 e. The molecule has 1 heterocycles. The van der Waals surface area contributed by atoms with Crippen molar-refractivity contribution in [1.29, 1.82) is 0 Å². The van der Waals surface area contributed by atoms with Crippen LogP contribution in [0.25, 0.3) is 0 Å². The summed E-state index contributed by atoms with van der Waals surface area (Å²) in [5.41, 5.74) is 8.19. The fraction of sp³-hybridized carbons (Fsp3) is 0.167. The summed E-state index contributed by atoms with van der Waals surface area (Å²) in [7, 11) is 0. The predicted octanol–water partition coefficient (Wildman–Crippen LogP) is 3.38. The zero-order valence-electron chi connectivity index (χ0n) is 8.71. The van der Waals surface area contributed by atoms with E-state index in [1.54, 1.807) is 0 Å². The van der Waals surface area contributed by atoms with Crippen LogP contribution in [0.5, 0.6) is 0 Å². The molecule has 0 spiro atoms. The lowest BCUT2D eigenvalue weighted by Gasteiger charge is -2.13. The van der Waals surface area contributed by atoms with E-state index in [1.165, 1.54) is 23.5 Å². The number of aryl methyl sites for hydroxylation is 1. The molecule has 0 aliphatic rings. The first-order chi connectivity index (χ1) is 7.59. The first-order valence-electron chi connectivity index (χ1n) is 4.83. The molecule has 0 radical (unpaired) electrons. The maximum absolute atomic E-state index is 13.5. The highest BCUT2D eigenvalue weighted by Gasteiger charge is 2.16. The third-order valence-corrected chi connectivity index (χ3v) is 3.41. The number of benzene rings is 1. The molecular formula is C12H11F2NS. The summed E-state index contributed by atoms with van der Waals surface area (Å²) in [6.07, 6.45) is 0. The van der Waals surface area contributed by atoms with Crippen molar-refractivity contribution in [2.75, 3.05) is 0 Å². The van der Waals surface area contributed by atoms with Crippen molar-refractivity contribution in [1.82, 2.24) is 0 Å². The van der Waals surface area contributed by atoms with Gasteiger partial charge in [0, 0.05) is 11.6 Å². The van der Waals surface area contributed by atoms with Gasteiger partial charge < -0.3 is 5.73 Å². The monoisotopic (exact) mass is 239 g/mol. The molecule has 84 valence electrons. The predicted molar refractivity (Wildman–Crippen MR) is 61.4 cm³/mol. The van der Waals surface area contributed by atoms with Crippen molar-refractivity contribution in [2.24, 2.45) is 5.73 Å². The molecule has 1 aromatic heterocycles. The van der Waals surface area contributed by atoms with Crippen LogP contribution in [0.15, 0.2) is 29.0 Å². The molecule has 0 saturated carbocycles. The molecule has 1 atom stereocenters. The molecule has 1 aromatic carbocycles. The number of hydrogen-bond donors (Lipinski definition) is 1. The first-order valence-corrected chi connectivity index (χ1v) is 5.77. The van der Waals surface area contributed by atoms with Gasteiger partial charge in [-0.2, -0.15) is 11.3 Å². The number of hydrogen-bond acceptors (Lipinski definition) is 2. The van der Waals surface area contributed by atoms with Crippen LogP contribution < -0.4 is 5.73 Å². The van der Waals surface area contributed by atoms with Crippen LogP contribution in [0.2, 0.25) is 0 Å². The van der Waals surface area contributed by atoms with E-state index in [1.807, 2.05) is 17.7 Å². The lowest BCUT2D eigenvalue weighted by molar-refractivity contribution is 0.566. The molecule has 1 unspecified atom stereocenters. The van der Waals surface area contributed by atoms with Gasteiger partial charge in [0.25, 0.3) is 0 Å². The van der Waals surface area contributed by atoms with Crippen LogP contribution in [-0.2, 0) is 0 Å². The Morgan fingerprint density at radius 3 is 2.50 bits per heavy atom. The normalized spacial score (nSPS) is 12.8. The Bertz CT molecular complexity index is 507. The van der Waals surface area contributed by atoms with Crippen molar-refractivity contribution in [3.8, 4) is 0 Å². The second kappa shape index (κ2) is 4.31. The van der Waals surface area contributed by atoms with Gasteiger partial charge in [-0.1, -0.05) is 6.07 Å². The number of thiophene rings is 1.